The fourth-order valence-electron chi connectivity index (χ4n) is 7.45. The molecule has 3 heterocycles. The first-order valence-electron chi connectivity index (χ1n) is 17.5. The number of allylic oxidation sites excluding steroid dienone is 1. The summed E-state index contributed by atoms with van der Waals surface area (Å²) in [5, 5.41) is 8.98. The Morgan fingerprint density at radius 1 is 0.898 bits per heavy atom. The zero-order valence-electron chi connectivity index (χ0n) is 28.2. The number of amides is 1. The lowest BCUT2D eigenvalue weighted by molar-refractivity contribution is -0.172. The Kier molecular flexibility index (Phi) is 10.8. The zero-order valence-corrected chi connectivity index (χ0v) is 28.2. The highest BCUT2D eigenvalue weighted by Gasteiger charge is 2.41. The van der Waals surface area contributed by atoms with E-state index in [1.165, 1.54) is 27.8 Å². The van der Waals surface area contributed by atoms with E-state index in [9.17, 15) is 4.79 Å². The first kappa shape index (κ1) is 33.6. The van der Waals surface area contributed by atoms with Crippen molar-refractivity contribution in [2.24, 2.45) is 5.92 Å². The van der Waals surface area contributed by atoms with Gasteiger partial charge in [-0.25, -0.2) is 0 Å². The fraction of sp³-hybridized carbons (Fsp3) is 0.462. The third-order valence-electron chi connectivity index (χ3n) is 9.88. The van der Waals surface area contributed by atoms with Crippen molar-refractivity contribution in [1.29, 1.82) is 0 Å². The van der Waals surface area contributed by atoms with E-state index in [2.05, 4.69) is 53.4 Å². The first-order valence-corrected chi connectivity index (χ1v) is 17.5. The maximum Gasteiger partial charge on any atom is 0.288 e. The number of aliphatic hydroxyl groups excluding tert-OH is 1. The summed E-state index contributed by atoms with van der Waals surface area (Å²) in [5.41, 5.74) is 7.51. The molecule has 0 bridgehead atoms. The summed E-state index contributed by atoms with van der Waals surface area (Å²) >= 11 is 0. The highest BCUT2D eigenvalue weighted by Crippen LogP contribution is 2.46. The molecule has 4 aliphatic rings. The third-order valence-corrected chi connectivity index (χ3v) is 9.88. The summed E-state index contributed by atoms with van der Waals surface area (Å²) in [5.74, 6) is 1.67. The summed E-state index contributed by atoms with van der Waals surface area (Å²) < 4.78 is 35.1. The summed E-state index contributed by atoms with van der Waals surface area (Å²) in [4.78, 5) is 18.4. The minimum atomic E-state index is -0.597. The number of ether oxygens (including phenoxy) is 6. The van der Waals surface area contributed by atoms with Gasteiger partial charge in [0.1, 0.15) is 0 Å². The van der Waals surface area contributed by atoms with Gasteiger partial charge in [-0.2, -0.15) is 0 Å². The minimum Gasteiger partial charge on any atom is -0.459 e. The molecule has 1 fully saturated rings. The molecule has 0 spiro atoms. The molecule has 1 amide bonds. The third kappa shape index (κ3) is 7.49. The largest absolute Gasteiger partial charge is 0.459 e. The molecule has 0 aromatic heterocycles. The number of hydrogen-bond acceptors (Lipinski definition) is 9. The quantitative estimate of drug-likeness (QED) is 0.191. The SMILES string of the molecule is CCO[C@H]1OC(C(=O)N2CCN(Cc3ccc4c(c3)OCO4)CC2)=C[C@@H](c2cccc3c2Cc2ccccc2-3)[C@H]1CCOCCOCCO. The van der Waals surface area contributed by atoms with Gasteiger partial charge in [-0.15, -0.1) is 0 Å². The van der Waals surface area contributed by atoms with E-state index >= 15 is 0 Å². The summed E-state index contributed by atoms with van der Waals surface area (Å²) in [6.45, 7) is 7.86. The van der Waals surface area contributed by atoms with Gasteiger partial charge in [-0.1, -0.05) is 48.5 Å². The van der Waals surface area contributed by atoms with Crippen molar-refractivity contribution >= 4 is 5.91 Å². The molecule has 1 aliphatic carbocycles. The molecule has 3 aromatic carbocycles. The second-order valence-electron chi connectivity index (χ2n) is 12.9. The molecule has 10 nitrogen and oxygen atoms in total. The van der Waals surface area contributed by atoms with E-state index in [4.69, 9.17) is 33.5 Å². The summed E-state index contributed by atoms with van der Waals surface area (Å²) in [6, 6.07) is 21.2. The van der Waals surface area contributed by atoms with Crippen LogP contribution in [0.1, 0.15) is 41.5 Å². The Morgan fingerprint density at radius 3 is 2.53 bits per heavy atom. The van der Waals surface area contributed by atoms with E-state index < -0.39 is 6.29 Å². The van der Waals surface area contributed by atoms with Crippen molar-refractivity contribution in [2.75, 3.05) is 72.6 Å². The number of carbonyl (C=O) groups is 1. The lowest BCUT2D eigenvalue weighted by Crippen LogP contribution is -2.50. The molecule has 0 saturated carbocycles. The van der Waals surface area contributed by atoms with Crippen LogP contribution >= 0.6 is 0 Å². The predicted molar refractivity (Wildman–Crippen MR) is 183 cm³/mol. The molecule has 10 heteroatoms. The Bertz CT molecular complexity index is 1630. The normalized spacial score (nSPS) is 21.2. The molecule has 49 heavy (non-hydrogen) atoms. The van der Waals surface area contributed by atoms with Crippen molar-refractivity contribution in [1.82, 2.24) is 9.80 Å². The monoisotopic (exact) mass is 670 g/mol. The van der Waals surface area contributed by atoms with Crippen molar-refractivity contribution < 1.29 is 38.3 Å². The van der Waals surface area contributed by atoms with Crippen LogP contribution in [-0.4, -0.2) is 99.7 Å². The van der Waals surface area contributed by atoms with E-state index in [-0.39, 0.29) is 31.1 Å². The van der Waals surface area contributed by atoms with Gasteiger partial charge >= 0.3 is 0 Å². The van der Waals surface area contributed by atoms with Gasteiger partial charge in [-0.05, 0) is 71.4 Å². The van der Waals surface area contributed by atoms with Gasteiger partial charge in [0.15, 0.2) is 17.3 Å². The van der Waals surface area contributed by atoms with Crippen molar-refractivity contribution in [3.8, 4) is 22.6 Å². The Balaban J connectivity index is 1.09. The topological polar surface area (TPSA) is 99.2 Å². The number of benzene rings is 3. The molecule has 260 valence electrons. The van der Waals surface area contributed by atoms with Crippen molar-refractivity contribution in [3.63, 3.8) is 0 Å². The number of nitrogens with zero attached hydrogens (tertiary/aromatic N) is 2. The van der Waals surface area contributed by atoms with Crippen LogP contribution in [0.2, 0.25) is 0 Å². The van der Waals surface area contributed by atoms with Gasteiger partial charge in [0.05, 0.1) is 26.4 Å². The van der Waals surface area contributed by atoms with E-state index in [0.29, 0.717) is 58.3 Å². The lowest BCUT2D eigenvalue weighted by atomic mass is 9.78. The standard InChI is InChI=1S/C39H46N2O8/c1-2-46-39-32(12-18-44-20-21-45-19-17-42)34(31-9-5-8-30-29-7-4-3-6-28(29)23-33(30)31)24-37(49-39)38(43)41-15-13-40(14-16-41)25-27-10-11-35-36(22-27)48-26-47-35/h3-11,22,24,32,34,39,42H,2,12-21,23,25-26H2,1H3/t32-,34+,39+/m1/s1. The first-order chi connectivity index (χ1) is 24.1. The van der Waals surface area contributed by atoms with Crippen LogP contribution in [0.5, 0.6) is 11.5 Å². The second-order valence-corrected chi connectivity index (χ2v) is 12.9. The minimum absolute atomic E-state index is 0.00731. The van der Waals surface area contributed by atoms with E-state index in [0.717, 1.165) is 43.1 Å². The zero-order chi connectivity index (χ0) is 33.6. The number of rotatable bonds is 14. The second kappa shape index (κ2) is 15.7. The van der Waals surface area contributed by atoms with Crippen LogP contribution in [0.25, 0.3) is 11.1 Å². The van der Waals surface area contributed by atoms with Crippen LogP contribution in [0.4, 0.5) is 0 Å². The van der Waals surface area contributed by atoms with Crippen LogP contribution in [0.15, 0.2) is 72.5 Å². The van der Waals surface area contributed by atoms with Gasteiger partial charge < -0.3 is 38.4 Å². The molecule has 3 aliphatic heterocycles. The summed E-state index contributed by atoms with van der Waals surface area (Å²) in [7, 11) is 0. The lowest BCUT2D eigenvalue weighted by Gasteiger charge is -2.40. The molecule has 3 atom stereocenters. The summed E-state index contributed by atoms with van der Waals surface area (Å²) in [6.07, 6.45) is 2.99. The number of fused-ring (bicyclic) bond motifs is 4. The van der Waals surface area contributed by atoms with Crippen LogP contribution in [0.3, 0.4) is 0 Å². The van der Waals surface area contributed by atoms with Gasteiger partial charge in [0, 0.05) is 57.8 Å². The van der Waals surface area contributed by atoms with E-state index in [1.807, 2.05) is 30.0 Å². The average molecular weight is 671 g/mol. The van der Waals surface area contributed by atoms with Crippen LogP contribution in [0, 0.1) is 5.92 Å². The van der Waals surface area contributed by atoms with Gasteiger partial charge in [-0.3, -0.25) is 9.69 Å². The molecule has 1 N–H and O–H groups in total. The van der Waals surface area contributed by atoms with Crippen molar-refractivity contribution in [3.05, 3.63) is 94.8 Å². The van der Waals surface area contributed by atoms with Gasteiger partial charge in [0.25, 0.3) is 5.91 Å². The molecule has 0 radical (unpaired) electrons. The Hall–Kier alpha value is -3.93. The Labute approximate surface area is 288 Å². The molecular formula is C39H46N2O8. The van der Waals surface area contributed by atoms with Crippen LogP contribution < -0.4 is 9.47 Å². The smallest absolute Gasteiger partial charge is 0.288 e. The molecule has 1 saturated heterocycles. The number of carbonyl (C=O) groups excluding carboxylic acids is 1. The highest BCUT2D eigenvalue weighted by atomic mass is 16.7. The van der Waals surface area contributed by atoms with E-state index in [1.54, 1.807) is 0 Å². The number of piperazine rings is 1. The highest BCUT2D eigenvalue weighted by molar-refractivity contribution is 5.92. The number of hydrogen-bond donors (Lipinski definition) is 1. The molecular weight excluding hydrogens is 624 g/mol. The fourth-order valence-corrected chi connectivity index (χ4v) is 7.45. The van der Waals surface area contributed by atoms with Crippen LogP contribution in [-0.2, 0) is 36.7 Å². The molecule has 7 rings (SSSR count). The number of aliphatic hydroxyl groups is 1. The molecule has 0 unspecified atom stereocenters. The maximum atomic E-state index is 14.1. The van der Waals surface area contributed by atoms with Gasteiger partial charge in [0.2, 0.25) is 13.1 Å². The van der Waals surface area contributed by atoms with Crippen molar-refractivity contribution in [2.45, 2.75) is 38.5 Å². The maximum absolute atomic E-state index is 14.1. The predicted octanol–water partition coefficient (Wildman–Crippen LogP) is 4.72. The molecule has 3 aromatic rings. The average Bonchev–Trinajstić information content (AvgIpc) is 3.76. The Morgan fingerprint density at radius 2 is 1.69 bits per heavy atom.